The molecule has 32 heavy (non-hydrogen) atoms. The average Bonchev–Trinajstić information content (AvgIpc) is 3.19. The largest absolute Gasteiger partial charge is 0.495 e. The summed E-state index contributed by atoms with van der Waals surface area (Å²) in [4.78, 5) is 15.6. The number of hydrogen-bond donors (Lipinski definition) is 3. The number of anilines is 2. The van der Waals surface area contributed by atoms with Crippen LogP contribution in [0.1, 0.15) is 6.42 Å². The maximum absolute atomic E-state index is 6.62. The number of aromatic nitrogens is 3. The number of methoxy groups -OCH3 is 2. The maximum atomic E-state index is 6.62. The molecule has 0 spiro atoms. The van der Waals surface area contributed by atoms with E-state index in [0.717, 1.165) is 31.4 Å². The van der Waals surface area contributed by atoms with Crippen molar-refractivity contribution in [1.29, 1.82) is 0 Å². The predicted molar refractivity (Wildman–Crippen MR) is 128 cm³/mol. The molecule has 1 atom stereocenters. The van der Waals surface area contributed by atoms with Crippen molar-refractivity contribution in [3.8, 4) is 22.8 Å². The molecule has 0 bridgehead atoms. The minimum absolute atomic E-state index is 0.166. The van der Waals surface area contributed by atoms with Gasteiger partial charge in [-0.1, -0.05) is 23.2 Å². The molecule has 0 amide bonds. The molecule has 1 aliphatic rings. The van der Waals surface area contributed by atoms with Crippen LogP contribution in [-0.2, 0) is 0 Å². The van der Waals surface area contributed by atoms with E-state index in [4.69, 9.17) is 49.1 Å². The van der Waals surface area contributed by atoms with E-state index in [0.29, 0.717) is 50.7 Å². The first-order chi connectivity index (χ1) is 15.4. The summed E-state index contributed by atoms with van der Waals surface area (Å²) in [5.74, 6) is 1.58. The maximum Gasteiger partial charge on any atom is 0.220 e. The highest BCUT2D eigenvalue weighted by Crippen LogP contribution is 2.46. The van der Waals surface area contributed by atoms with Gasteiger partial charge in [-0.3, -0.25) is 4.90 Å². The Bertz CT molecular complexity index is 1120. The van der Waals surface area contributed by atoms with Crippen LogP contribution < -0.4 is 26.3 Å². The van der Waals surface area contributed by atoms with Crippen LogP contribution in [0.15, 0.2) is 18.3 Å². The molecule has 0 aliphatic carbocycles. The first kappa shape index (κ1) is 22.6. The van der Waals surface area contributed by atoms with Crippen LogP contribution in [0.25, 0.3) is 22.2 Å². The second-order valence-electron chi connectivity index (χ2n) is 7.58. The summed E-state index contributed by atoms with van der Waals surface area (Å²) in [6.07, 6.45) is 2.65. The lowest BCUT2D eigenvalue weighted by Crippen LogP contribution is -2.30. The number of pyridine rings is 1. The van der Waals surface area contributed by atoms with Crippen LogP contribution in [0.2, 0.25) is 10.0 Å². The highest BCUT2D eigenvalue weighted by atomic mass is 35.5. The first-order valence-corrected chi connectivity index (χ1v) is 10.9. The van der Waals surface area contributed by atoms with Crippen molar-refractivity contribution in [2.45, 2.75) is 12.5 Å². The number of fused-ring (bicyclic) bond motifs is 1. The van der Waals surface area contributed by atoms with E-state index in [1.54, 1.807) is 12.3 Å². The van der Waals surface area contributed by atoms with Crippen molar-refractivity contribution >= 4 is 45.9 Å². The summed E-state index contributed by atoms with van der Waals surface area (Å²) in [5.41, 5.74) is 13.5. The lowest BCUT2D eigenvalue weighted by atomic mass is 10.1. The Labute approximate surface area is 196 Å². The van der Waals surface area contributed by atoms with E-state index in [-0.39, 0.29) is 12.0 Å². The molecule has 1 aliphatic heterocycles. The van der Waals surface area contributed by atoms with Crippen LogP contribution in [0, 0.1) is 0 Å². The number of nitrogens with one attached hydrogen (secondary N) is 1. The first-order valence-electron chi connectivity index (χ1n) is 10.2. The molecule has 1 fully saturated rings. The standard InChI is InChI=1S/C21H25Cl2N7O2/c1-31-14-8-15(32-2)18(23)16(17(14)22)13-7-11-9-27-21(25)29-19(11)20(28-13)26-4-6-30-5-3-12(24)10-30/h7-9,12H,3-6,10,24H2,1-2H3,(H,26,28)(H2,25,27,29). The van der Waals surface area contributed by atoms with Crippen molar-refractivity contribution in [2.24, 2.45) is 5.73 Å². The second-order valence-corrected chi connectivity index (χ2v) is 8.34. The van der Waals surface area contributed by atoms with Crippen molar-refractivity contribution in [2.75, 3.05) is 51.4 Å². The van der Waals surface area contributed by atoms with Gasteiger partial charge in [0.1, 0.15) is 17.0 Å². The summed E-state index contributed by atoms with van der Waals surface area (Å²) in [5, 5.41) is 4.78. The van der Waals surface area contributed by atoms with Gasteiger partial charge in [0, 0.05) is 48.9 Å². The van der Waals surface area contributed by atoms with Gasteiger partial charge >= 0.3 is 0 Å². The van der Waals surface area contributed by atoms with Crippen molar-refractivity contribution < 1.29 is 9.47 Å². The number of hydrogen-bond acceptors (Lipinski definition) is 9. The molecule has 170 valence electrons. The molecule has 3 aromatic rings. The summed E-state index contributed by atoms with van der Waals surface area (Å²) in [7, 11) is 3.06. The number of ether oxygens (including phenoxy) is 2. The molecule has 1 saturated heterocycles. The van der Waals surface area contributed by atoms with Crippen molar-refractivity contribution in [3.05, 3.63) is 28.4 Å². The van der Waals surface area contributed by atoms with E-state index in [1.165, 1.54) is 14.2 Å². The van der Waals surface area contributed by atoms with Crippen LogP contribution in [0.5, 0.6) is 11.5 Å². The Morgan fingerprint density at radius 2 is 1.88 bits per heavy atom. The molecule has 2 aromatic heterocycles. The summed E-state index contributed by atoms with van der Waals surface area (Å²) < 4.78 is 10.8. The Kier molecular flexibility index (Phi) is 6.71. The number of nitrogen functional groups attached to an aromatic ring is 1. The monoisotopic (exact) mass is 477 g/mol. The Morgan fingerprint density at radius 3 is 2.50 bits per heavy atom. The highest BCUT2D eigenvalue weighted by molar-refractivity contribution is 6.41. The third-order valence-electron chi connectivity index (χ3n) is 5.44. The molecule has 0 radical (unpaired) electrons. The van der Waals surface area contributed by atoms with Gasteiger partial charge < -0.3 is 26.3 Å². The van der Waals surface area contributed by atoms with Crippen LogP contribution in [-0.4, -0.2) is 66.3 Å². The zero-order chi connectivity index (χ0) is 22.8. The lowest BCUT2D eigenvalue weighted by molar-refractivity contribution is 0.348. The zero-order valence-corrected chi connectivity index (χ0v) is 19.4. The molecule has 4 rings (SSSR count). The smallest absolute Gasteiger partial charge is 0.220 e. The number of rotatable bonds is 7. The molecule has 1 unspecified atom stereocenters. The van der Waals surface area contributed by atoms with Crippen molar-refractivity contribution in [3.63, 3.8) is 0 Å². The zero-order valence-electron chi connectivity index (χ0n) is 17.9. The quantitative estimate of drug-likeness (QED) is 0.470. The van der Waals surface area contributed by atoms with Crippen LogP contribution >= 0.6 is 23.2 Å². The molecule has 1 aromatic carbocycles. The summed E-state index contributed by atoms with van der Waals surface area (Å²) in [6, 6.07) is 3.68. The van der Waals surface area contributed by atoms with Gasteiger partial charge in [-0.05, 0) is 19.0 Å². The highest BCUT2D eigenvalue weighted by Gasteiger charge is 2.22. The topological polar surface area (TPSA) is 124 Å². The van der Waals surface area contributed by atoms with E-state index in [2.05, 4.69) is 20.2 Å². The van der Waals surface area contributed by atoms with E-state index >= 15 is 0 Å². The van der Waals surface area contributed by atoms with Gasteiger partial charge in [-0.2, -0.15) is 0 Å². The molecule has 0 saturated carbocycles. The SMILES string of the molecule is COc1cc(OC)c(Cl)c(-c2cc3cnc(N)nc3c(NCCN3CCC(N)C3)n2)c1Cl. The van der Waals surface area contributed by atoms with Gasteiger partial charge in [0.2, 0.25) is 5.95 Å². The fourth-order valence-electron chi connectivity index (χ4n) is 3.81. The number of halogens is 2. The van der Waals surface area contributed by atoms with E-state index in [9.17, 15) is 0 Å². The second kappa shape index (κ2) is 9.50. The van der Waals surface area contributed by atoms with E-state index < -0.39 is 0 Å². The normalized spacial score (nSPS) is 16.5. The van der Waals surface area contributed by atoms with Crippen molar-refractivity contribution in [1.82, 2.24) is 19.9 Å². The molecule has 3 heterocycles. The Hall–Kier alpha value is -2.59. The van der Waals surface area contributed by atoms with Gasteiger partial charge in [-0.25, -0.2) is 15.0 Å². The number of nitrogens with zero attached hydrogens (tertiary/aromatic N) is 4. The fraction of sp³-hybridized carbons (Fsp3) is 0.381. The van der Waals surface area contributed by atoms with Gasteiger partial charge in [-0.15, -0.1) is 0 Å². The van der Waals surface area contributed by atoms with E-state index in [1.807, 2.05) is 6.07 Å². The lowest BCUT2D eigenvalue weighted by Gasteiger charge is -2.18. The molecular formula is C21H25Cl2N7O2. The Morgan fingerprint density at radius 1 is 1.16 bits per heavy atom. The predicted octanol–water partition coefficient (Wildman–Crippen LogP) is 3.04. The Balaban J connectivity index is 1.76. The average molecular weight is 478 g/mol. The van der Waals surface area contributed by atoms with Gasteiger partial charge in [0.05, 0.1) is 30.0 Å². The van der Waals surface area contributed by atoms with Crippen LogP contribution in [0.4, 0.5) is 11.8 Å². The van der Waals surface area contributed by atoms with Gasteiger partial charge in [0.25, 0.3) is 0 Å². The molecule has 11 heteroatoms. The number of nitrogens with two attached hydrogens (primary N) is 2. The number of benzene rings is 1. The molecular weight excluding hydrogens is 453 g/mol. The summed E-state index contributed by atoms with van der Waals surface area (Å²) in [6.45, 7) is 3.36. The minimum Gasteiger partial charge on any atom is -0.495 e. The molecule has 9 nitrogen and oxygen atoms in total. The third kappa shape index (κ3) is 4.47. The number of likely N-dealkylation sites (tertiary alicyclic amines) is 1. The molecule has 5 N–H and O–H groups in total. The van der Waals surface area contributed by atoms with Crippen LogP contribution in [0.3, 0.4) is 0 Å². The fourth-order valence-corrected chi connectivity index (χ4v) is 4.51. The van der Waals surface area contributed by atoms with Gasteiger partial charge in [0.15, 0.2) is 5.82 Å². The summed E-state index contributed by atoms with van der Waals surface area (Å²) >= 11 is 13.2. The minimum atomic E-state index is 0.166. The third-order valence-corrected chi connectivity index (χ3v) is 6.19.